The molecule has 2 aliphatic rings. The van der Waals surface area contributed by atoms with Crippen LogP contribution in [0, 0.1) is 5.92 Å². The minimum absolute atomic E-state index is 0.0569. The van der Waals surface area contributed by atoms with Crippen LogP contribution in [0.4, 0.5) is 4.79 Å². The molecule has 0 saturated carbocycles. The first-order chi connectivity index (χ1) is 14.2. The fourth-order valence-corrected chi connectivity index (χ4v) is 3.80. The van der Waals surface area contributed by atoms with Crippen molar-refractivity contribution in [1.29, 1.82) is 0 Å². The molecule has 0 spiro atoms. The summed E-state index contributed by atoms with van der Waals surface area (Å²) >= 11 is 3.15. The minimum Gasteiger partial charge on any atom is -0.447 e. The van der Waals surface area contributed by atoms with Crippen molar-refractivity contribution in [2.75, 3.05) is 33.5 Å². The SMILES string of the molecule is COC(C(=O)N1C(=O)OCC1C(C)C)C1OC(O)(CCCOCCO)C(Br)=CC1=O. The predicted molar refractivity (Wildman–Crippen MR) is 107 cm³/mol. The van der Waals surface area contributed by atoms with Crippen molar-refractivity contribution >= 4 is 33.7 Å². The highest BCUT2D eigenvalue weighted by atomic mass is 79.9. The maximum absolute atomic E-state index is 13.1. The van der Waals surface area contributed by atoms with Gasteiger partial charge >= 0.3 is 6.09 Å². The van der Waals surface area contributed by atoms with Crippen molar-refractivity contribution in [3.63, 3.8) is 0 Å². The first kappa shape index (κ1) is 24.9. The molecule has 30 heavy (non-hydrogen) atoms. The third-order valence-electron chi connectivity index (χ3n) is 4.97. The van der Waals surface area contributed by atoms with Gasteiger partial charge in [0.05, 0.1) is 23.7 Å². The van der Waals surface area contributed by atoms with Gasteiger partial charge in [-0.1, -0.05) is 13.8 Å². The number of halogens is 1. The number of rotatable bonds is 10. The van der Waals surface area contributed by atoms with E-state index in [9.17, 15) is 19.5 Å². The Morgan fingerprint density at radius 3 is 2.70 bits per heavy atom. The Kier molecular flexibility index (Phi) is 8.95. The molecular formula is C19H28BrNO9. The summed E-state index contributed by atoms with van der Waals surface area (Å²) in [6.07, 6.45) is -2.14. The summed E-state index contributed by atoms with van der Waals surface area (Å²) in [6.45, 7) is 4.05. The smallest absolute Gasteiger partial charge is 0.417 e. The van der Waals surface area contributed by atoms with Gasteiger partial charge in [-0.2, -0.15) is 0 Å². The van der Waals surface area contributed by atoms with Crippen molar-refractivity contribution in [1.82, 2.24) is 4.90 Å². The van der Waals surface area contributed by atoms with Crippen molar-refractivity contribution in [2.45, 2.75) is 50.7 Å². The highest BCUT2D eigenvalue weighted by molar-refractivity contribution is 9.11. The molecule has 1 fully saturated rings. The van der Waals surface area contributed by atoms with Gasteiger partial charge in [0.15, 0.2) is 23.8 Å². The minimum atomic E-state index is -1.87. The van der Waals surface area contributed by atoms with Gasteiger partial charge < -0.3 is 29.2 Å². The lowest BCUT2D eigenvalue weighted by molar-refractivity contribution is -0.227. The zero-order chi connectivity index (χ0) is 22.5. The molecule has 0 aromatic rings. The van der Waals surface area contributed by atoms with Gasteiger partial charge in [-0.3, -0.25) is 9.59 Å². The van der Waals surface area contributed by atoms with Crippen LogP contribution < -0.4 is 0 Å². The van der Waals surface area contributed by atoms with Crippen LogP contribution in [-0.2, 0) is 28.5 Å². The van der Waals surface area contributed by atoms with Crippen molar-refractivity contribution < 1.29 is 43.5 Å². The van der Waals surface area contributed by atoms with E-state index in [-0.39, 0.29) is 43.2 Å². The van der Waals surface area contributed by atoms with Gasteiger partial charge in [0.2, 0.25) is 0 Å². The number of aliphatic hydroxyl groups is 2. The predicted octanol–water partition coefficient (Wildman–Crippen LogP) is 0.729. The Hall–Kier alpha value is -1.37. The fourth-order valence-electron chi connectivity index (χ4n) is 3.29. The molecule has 10 nitrogen and oxygen atoms in total. The van der Waals surface area contributed by atoms with E-state index in [0.29, 0.717) is 6.42 Å². The van der Waals surface area contributed by atoms with E-state index in [1.165, 1.54) is 7.11 Å². The molecule has 0 aromatic heterocycles. The Morgan fingerprint density at radius 2 is 2.10 bits per heavy atom. The lowest BCUT2D eigenvalue weighted by Gasteiger charge is -2.38. The molecule has 0 radical (unpaired) electrons. The summed E-state index contributed by atoms with van der Waals surface area (Å²) in [7, 11) is 1.22. The molecule has 0 aliphatic carbocycles. The third-order valence-corrected chi connectivity index (χ3v) is 5.82. The zero-order valence-electron chi connectivity index (χ0n) is 17.2. The molecule has 2 rings (SSSR count). The monoisotopic (exact) mass is 493 g/mol. The number of hydrogen-bond donors (Lipinski definition) is 2. The molecule has 4 unspecified atom stereocenters. The van der Waals surface area contributed by atoms with Crippen LogP contribution in [0.15, 0.2) is 10.6 Å². The first-order valence-corrected chi connectivity index (χ1v) is 10.5. The number of aliphatic hydroxyl groups excluding tert-OH is 1. The lowest BCUT2D eigenvalue weighted by Crippen LogP contribution is -2.57. The topological polar surface area (TPSA) is 132 Å². The van der Waals surface area contributed by atoms with E-state index in [4.69, 9.17) is 24.1 Å². The first-order valence-electron chi connectivity index (χ1n) is 9.69. The molecule has 2 aliphatic heterocycles. The van der Waals surface area contributed by atoms with Crippen LogP contribution in [0.2, 0.25) is 0 Å². The number of methoxy groups -OCH3 is 1. The molecule has 0 bridgehead atoms. The summed E-state index contributed by atoms with van der Waals surface area (Å²) in [5, 5.41) is 19.6. The molecule has 2 heterocycles. The van der Waals surface area contributed by atoms with E-state index in [2.05, 4.69) is 15.9 Å². The number of ether oxygens (including phenoxy) is 4. The van der Waals surface area contributed by atoms with Gasteiger partial charge in [0.1, 0.15) is 6.61 Å². The van der Waals surface area contributed by atoms with Gasteiger partial charge in [0.25, 0.3) is 5.91 Å². The van der Waals surface area contributed by atoms with Crippen LogP contribution in [0.1, 0.15) is 26.7 Å². The van der Waals surface area contributed by atoms with Crippen LogP contribution in [-0.4, -0.2) is 90.5 Å². The summed E-state index contributed by atoms with van der Waals surface area (Å²) in [4.78, 5) is 38.7. The summed E-state index contributed by atoms with van der Waals surface area (Å²) in [6, 6.07) is -0.494. The second kappa shape index (κ2) is 10.8. The van der Waals surface area contributed by atoms with E-state index in [1.807, 2.05) is 13.8 Å². The molecular weight excluding hydrogens is 466 g/mol. The van der Waals surface area contributed by atoms with Gasteiger partial charge in [-0.05, 0) is 34.3 Å². The van der Waals surface area contributed by atoms with Crippen LogP contribution >= 0.6 is 15.9 Å². The van der Waals surface area contributed by atoms with E-state index in [0.717, 1.165) is 11.0 Å². The second-order valence-electron chi connectivity index (χ2n) is 7.41. The zero-order valence-corrected chi connectivity index (χ0v) is 18.8. The van der Waals surface area contributed by atoms with Crippen molar-refractivity contribution in [3.05, 3.63) is 10.6 Å². The number of ketones is 1. The maximum Gasteiger partial charge on any atom is 0.417 e. The largest absolute Gasteiger partial charge is 0.447 e. The maximum atomic E-state index is 13.1. The summed E-state index contributed by atoms with van der Waals surface area (Å²) in [5.41, 5.74) is 0. The molecule has 170 valence electrons. The second-order valence-corrected chi connectivity index (χ2v) is 8.26. The molecule has 4 atom stereocenters. The quantitative estimate of drug-likeness (QED) is 0.422. The Bertz CT molecular complexity index is 683. The third kappa shape index (κ3) is 5.45. The van der Waals surface area contributed by atoms with Crippen LogP contribution in [0.3, 0.4) is 0 Å². The summed E-state index contributed by atoms with van der Waals surface area (Å²) in [5.74, 6) is -3.29. The van der Waals surface area contributed by atoms with Crippen LogP contribution in [0.25, 0.3) is 0 Å². The molecule has 2 amide bonds. The fraction of sp³-hybridized carbons (Fsp3) is 0.737. The summed E-state index contributed by atoms with van der Waals surface area (Å²) < 4.78 is 21.2. The average molecular weight is 494 g/mol. The standard InChI is InChI=1S/C19H28BrNO9/c1-11(2)12-10-29-18(25)21(12)17(24)16(27-3)15-13(23)9-14(20)19(26,30-15)5-4-7-28-8-6-22/h9,11-12,15-16,22,26H,4-8,10H2,1-3H3. The highest BCUT2D eigenvalue weighted by Crippen LogP contribution is 2.36. The number of carbonyl (C=O) groups excluding carboxylic acids is 3. The Morgan fingerprint density at radius 1 is 1.40 bits per heavy atom. The lowest BCUT2D eigenvalue weighted by atomic mass is 9.98. The number of nitrogens with zero attached hydrogens (tertiary/aromatic N) is 1. The Balaban J connectivity index is 2.17. The number of carbonyl (C=O) groups is 3. The average Bonchev–Trinajstić information content (AvgIpc) is 3.08. The van der Waals surface area contributed by atoms with Gasteiger partial charge in [0, 0.05) is 20.1 Å². The number of imide groups is 1. The number of amides is 2. The molecule has 11 heteroatoms. The van der Waals surface area contributed by atoms with Crippen LogP contribution in [0.5, 0.6) is 0 Å². The number of cyclic esters (lactones) is 1. The van der Waals surface area contributed by atoms with Crippen molar-refractivity contribution in [2.24, 2.45) is 5.92 Å². The normalized spacial score (nSPS) is 28.0. The van der Waals surface area contributed by atoms with E-state index in [1.54, 1.807) is 0 Å². The van der Waals surface area contributed by atoms with E-state index >= 15 is 0 Å². The Labute approximate surface area is 183 Å². The van der Waals surface area contributed by atoms with E-state index < -0.39 is 41.8 Å². The molecule has 0 aromatic carbocycles. The highest BCUT2D eigenvalue weighted by Gasteiger charge is 2.50. The number of hydrogen-bond acceptors (Lipinski definition) is 9. The van der Waals surface area contributed by atoms with Crippen molar-refractivity contribution in [3.8, 4) is 0 Å². The molecule has 1 saturated heterocycles. The van der Waals surface area contributed by atoms with Gasteiger partial charge in [-0.25, -0.2) is 9.69 Å². The van der Waals surface area contributed by atoms with Gasteiger partial charge in [-0.15, -0.1) is 0 Å². The molecule has 2 N–H and O–H groups in total.